The second kappa shape index (κ2) is 6.85. The molecule has 0 spiro atoms. The van der Waals surface area contributed by atoms with Crippen LogP contribution < -0.4 is 5.73 Å². The Morgan fingerprint density at radius 2 is 2.00 bits per heavy atom. The maximum atomic E-state index is 6.19. The Bertz CT molecular complexity index is 241. The summed E-state index contributed by atoms with van der Waals surface area (Å²) in [6.07, 6.45) is 3.62. The molecule has 0 aromatic heterocycles. The molecule has 2 aliphatic rings. The molecular weight excluding hydrogens is 226 g/mol. The van der Waals surface area contributed by atoms with E-state index in [1.165, 1.54) is 32.5 Å². The van der Waals surface area contributed by atoms with Crippen molar-refractivity contribution in [2.24, 2.45) is 11.7 Å². The zero-order valence-electron chi connectivity index (χ0n) is 12.0. The van der Waals surface area contributed by atoms with E-state index in [0.29, 0.717) is 12.0 Å². The van der Waals surface area contributed by atoms with Crippen molar-refractivity contribution in [1.29, 1.82) is 0 Å². The first-order valence-electron chi connectivity index (χ1n) is 7.46. The molecule has 2 atom stereocenters. The van der Waals surface area contributed by atoms with E-state index in [4.69, 9.17) is 10.5 Å². The number of nitrogens with zero attached hydrogens (tertiary/aromatic N) is 2. The first-order valence-corrected chi connectivity index (χ1v) is 7.46. The molecule has 2 N–H and O–H groups in total. The number of hydrogen-bond donors (Lipinski definition) is 1. The molecule has 2 rings (SSSR count). The molecule has 106 valence electrons. The fraction of sp³-hybridized carbons (Fsp3) is 1.00. The Hall–Kier alpha value is -0.160. The second-order valence-corrected chi connectivity index (χ2v) is 5.89. The summed E-state index contributed by atoms with van der Waals surface area (Å²) in [7, 11) is 2.26. The van der Waals surface area contributed by atoms with Crippen molar-refractivity contribution < 1.29 is 4.74 Å². The lowest BCUT2D eigenvalue weighted by Gasteiger charge is -2.39. The normalized spacial score (nSPS) is 32.0. The van der Waals surface area contributed by atoms with Crippen LogP contribution in [0.1, 0.15) is 26.2 Å². The molecule has 0 aliphatic carbocycles. The summed E-state index contributed by atoms with van der Waals surface area (Å²) in [4.78, 5) is 5.06. The Labute approximate surface area is 111 Å². The number of likely N-dealkylation sites (tertiary alicyclic amines) is 1. The van der Waals surface area contributed by atoms with E-state index in [2.05, 4.69) is 23.8 Å². The molecule has 0 bridgehead atoms. The Balaban J connectivity index is 1.75. The summed E-state index contributed by atoms with van der Waals surface area (Å²) < 4.78 is 5.56. The highest BCUT2D eigenvalue weighted by atomic mass is 16.5. The molecule has 2 saturated heterocycles. The molecule has 2 heterocycles. The minimum absolute atomic E-state index is 0.330. The number of ether oxygens (including phenoxy) is 1. The molecule has 0 amide bonds. The highest BCUT2D eigenvalue weighted by molar-refractivity contribution is 4.83. The van der Waals surface area contributed by atoms with Crippen molar-refractivity contribution in [3.8, 4) is 0 Å². The summed E-state index contributed by atoms with van der Waals surface area (Å²) in [5.41, 5.74) is 6.19. The summed E-state index contributed by atoms with van der Waals surface area (Å²) >= 11 is 0. The van der Waals surface area contributed by atoms with E-state index < -0.39 is 0 Å². The van der Waals surface area contributed by atoms with E-state index in [0.717, 1.165) is 32.2 Å². The molecule has 2 aliphatic heterocycles. The van der Waals surface area contributed by atoms with E-state index in [1.807, 2.05) is 0 Å². The maximum Gasteiger partial charge on any atom is 0.0521 e. The van der Waals surface area contributed by atoms with Crippen LogP contribution in [0.3, 0.4) is 0 Å². The van der Waals surface area contributed by atoms with Gasteiger partial charge in [-0.3, -0.25) is 0 Å². The van der Waals surface area contributed by atoms with Gasteiger partial charge < -0.3 is 20.3 Å². The molecule has 4 nitrogen and oxygen atoms in total. The Morgan fingerprint density at radius 1 is 1.28 bits per heavy atom. The first kappa shape index (κ1) is 14.3. The third-order valence-corrected chi connectivity index (χ3v) is 4.68. The van der Waals surface area contributed by atoms with Crippen LogP contribution in [0.25, 0.3) is 0 Å². The predicted octanol–water partition coefficient (Wildman–Crippen LogP) is 0.766. The summed E-state index contributed by atoms with van der Waals surface area (Å²) in [6.45, 7) is 8.73. The number of piperidine rings is 1. The highest BCUT2D eigenvalue weighted by Crippen LogP contribution is 2.19. The molecular formula is C14H29N3O. The Kier molecular flexibility index (Phi) is 5.42. The quantitative estimate of drug-likeness (QED) is 0.805. The third-order valence-electron chi connectivity index (χ3n) is 4.68. The van der Waals surface area contributed by atoms with Crippen molar-refractivity contribution in [2.45, 2.75) is 38.3 Å². The van der Waals surface area contributed by atoms with Crippen LogP contribution in [-0.4, -0.2) is 68.3 Å². The number of rotatable bonds is 4. The zero-order chi connectivity index (χ0) is 13.0. The molecule has 0 radical (unpaired) electrons. The molecule has 18 heavy (non-hydrogen) atoms. The molecule has 2 fully saturated rings. The van der Waals surface area contributed by atoms with Crippen LogP contribution in [0.5, 0.6) is 0 Å². The molecule has 0 aromatic carbocycles. The van der Waals surface area contributed by atoms with Gasteiger partial charge in [0.2, 0.25) is 0 Å². The summed E-state index contributed by atoms with van der Waals surface area (Å²) in [5.74, 6) is 0.521. The summed E-state index contributed by atoms with van der Waals surface area (Å²) in [6, 6.07) is 1.07. The predicted molar refractivity (Wildman–Crippen MR) is 74.7 cm³/mol. The second-order valence-electron chi connectivity index (χ2n) is 5.89. The minimum atomic E-state index is 0.330. The first-order chi connectivity index (χ1) is 8.70. The maximum absolute atomic E-state index is 6.19. The van der Waals surface area contributed by atoms with E-state index in [1.54, 1.807) is 0 Å². The van der Waals surface area contributed by atoms with Gasteiger partial charge in [-0.1, -0.05) is 6.92 Å². The zero-order valence-corrected chi connectivity index (χ0v) is 12.0. The fourth-order valence-electron chi connectivity index (χ4n) is 3.20. The van der Waals surface area contributed by atoms with E-state index in [-0.39, 0.29) is 0 Å². The van der Waals surface area contributed by atoms with Crippen molar-refractivity contribution in [3.63, 3.8) is 0 Å². The van der Waals surface area contributed by atoms with Crippen molar-refractivity contribution in [1.82, 2.24) is 9.80 Å². The van der Waals surface area contributed by atoms with Crippen LogP contribution >= 0.6 is 0 Å². The SMILES string of the molecule is CCN1CCC(N(C)CC2COCCC2N)CC1. The van der Waals surface area contributed by atoms with Gasteiger partial charge in [0.25, 0.3) is 0 Å². The van der Waals surface area contributed by atoms with E-state index in [9.17, 15) is 0 Å². The average molecular weight is 255 g/mol. The topological polar surface area (TPSA) is 41.7 Å². The standard InChI is InChI=1S/C14H29N3O/c1-3-17-7-4-13(5-8-17)16(2)10-12-11-18-9-6-14(12)15/h12-14H,3-11,15H2,1-2H3. The van der Waals surface area contributed by atoms with Gasteiger partial charge in [0, 0.05) is 31.2 Å². The van der Waals surface area contributed by atoms with Gasteiger partial charge in [0.1, 0.15) is 0 Å². The van der Waals surface area contributed by atoms with Crippen molar-refractivity contribution in [2.75, 3.05) is 46.4 Å². The lowest BCUT2D eigenvalue weighted by atomic mass is 9.94. The molecule has 0 saturated carbocycles. The minimum Gasteiger partial charge on any atom is -0.381 e. The molecule has 2 unspecified atom stereocenters. The van der Waals surface area contributed by atoms with Gasteiger partial charge in [-0.25, -0.2) is 0 Å². The lowest BCUT2D eigenvalue weighted by molar-refractivity contribution is 0.0183. The lowest BCUT2D eigenvalue weighted by Crippen LogP contribution is -2.49. The smallest absolute Gasteiger partial charge is 0.0521 e. The molecule has 0 aromatic rings. The Morgan fingerprint density at radius 3 is 2.61 bits per heavy atom. The highest BCUT2D eigenvalue weighted by Gasteiger charge is 2.27. The van der Waals surface area contributed by atoms with Gasteiger partial charge in [0.05, 0.1) is 6.61 Å². The van der Waals surface area contributed by atoms with Crippen LogP contribution in [0.2, 0.25) is 0 Å². The number of hydrogen-bond acceptors (Lipinski definition) is 4. The fourth-order valence-corrected chi connectivity index (χ4v) is 3.20. The van der Waals surface area contributed by atoms with Crippen LogP contribution in [0.15, 0.2) is 0 Å². The van der Waals surface area contributed by atoms with Crippen LogP contribution in [0, 0.1) is 5.92 Å². The molecule has 4 heteroatoms. The van der Waals surface area contributed by atoms with E-state index >= 15 is 0 Å². The van der Waals surface area contributed by atoms with Gasteiger partial charge in [-0.2, -0.15) is 0 Å². The van der Waals surface area contributed by atoms with Gasteiger partial charge in [-0.05, 0) is 45.9 Å². The van der Waals surface area contributed by atoms with Crippen molar-refractivity contribution in [3.05, 3.63) is 0 Å². The summed E-state index contributed by atoms with van der Waals surface area (Å²) in [5, 5.41) is 0. The number of nitrogens with two attached hydrogens (primary N) is 1. The monoisotopic (exact) mass is 255 g/mol. The van der Waals surface area contributed by atoms with Crippen LogP contribution in [0.4, 0.5) is 0 Å². The van der Waals surface area contributed by atoms with Gasteiger partial charge in [0.15, 0.2) is 0 Å². The largest absolute Gasteiger partial charge is 0.381 e. The average Bonchev–Trinajstić information content (AvgIpc) is 2.41. The van der Waals surface area contributed by atoms with Gasteiger partial charge in [-0.15, -0.1) is 0 Å². The third kappa shape index (κ3) is 3.67. The van der Waals surface area contributed by atoms with Gasteiger partial charge >= 0.3 is 0 Å². The van der Waals surface area contributed by atoms with Crippen LogP contribution in [-0.2, 0) is 4.74 Å². The van der Waals surface area contributed by atoms with Crippen molar-refractivity contribution >= 4 is 0 Å².